The molecule has 0 saturated heterocycles. The second kappa shape index (κ2) is 8.20. The molecule has 1 heterocycles. The monoisotopic (exact) mass is 399 g/mol. The molecule has 0 aromatic heterocycles. The quantitative estimate of drug-likeness (QED) is 0.527. The highest BCUT2D eigenvalue weighted by Gasteiger charge is 2.28. The summed E-state index contributed by atoms with van der Waals surface area (Å²) in [4.78, 5) is 15.1. The number of nitrogens with zero attached hydrogens (tertiary/aromatic N) is 2. The Morgan fingerprint density at radius 3 is 2.60 bits per heavy atom. The molecule has 0 radical (unpaired) electrons. The minimum atomic E-state index is -0.388. The fraction of sp³-hybridized carbons (Fsp3) is 0.308. The number of para-hydroxylation sites is 1. The molecule has 4 nitrogen and oxygen atoms in total. The highest BCUT2D eigenvalue weighted by Crippen LogP contribution is 2.39. The lowest BCUT2D eigenvalue weighted by molar-refractivity contribution is -0.112. The Kier molecular flexibility index (Phi) is 5.85. The molecule has 1 aliphatic heterocycles. The summed E-state index contributed by atoms with van der Waals surface area (Å²) in [6.07, 6.45) is 4.74. The van der Waals surface area contributed by atoms with Gasteiger partial charge in [0.15, 0.2) is 0 Å². The Morgan fingerprint density at radius 1 is 1.23 bits per heavy atom. The van der Waals surface area contributed by atoms with E-state index in [4.69, 9.17) is 0 Å². The van der Waals surface area contributed by atoms with E-state index in [1.54, 1.807) is 6.08 Å². The zero-order chi connectivity index (χ0) is 22.1. The van der Waals surface area contributed by atoms with Crippen LogP contribution in [0.4, 0.5) is 11.4 Å². The van der Waals surface area contributed by atoms with Gasteiger partial charge in [-0.1, -0.05) is 31.2 Å². The first-order chi connectivity index (χ1) is 14.2. The number of benzene rings is 2. The minimum absolute atomic E-state index is 0.0642. The van der Waals surface area contributed by atoms with E-state index < -0.39 is 0 Å². The van der Waals surface area contributed by atoms with Gasteiger partial charge in [-0.05, 0) is 80.7 Å². The molecule has 30 heavy (non-hydrogen) atoms. The van der Waals surface area contributed by atoms with Gasteiger partial charge in [0.25, 0.3) is 5.91 Å². The first-order valence-corrected chi connectivity index (χ1v) is 10.3. The first kappa shape index (κ1) is 21.4. The molecule has 1 aliphatic rings. The van der Waals surface area contributed by atoms with Crippen LogP contribution in [0, 0.1) is 18.3 Å². The summed E-state index contributed by atoms with van der Waals surface area (Å²) < 4.78 is 0. The number of nitriles is 1. The number of anilines is 2. The van der Waals surface area contributed by atoms with Crippen molar-refractivity contribution in [3.63, 3.8) is 0 Å². The number of aryl methyl sites for hydroxylation is 2. The lowest BCUT2D eigenvalue weighted by atomic mass is 9.87. The van der Waals surface area contributed by atoms with Crippen LogP contribution in [-0.2, 0) is 11.2 Å². The van der Waals surface area contributed by atoms with Crippen molar-refractivity contribution in [3.05, 3.63) is 70.3 Å². The summed E-state index contributed by atoms with van der Waals surface area (Å²) in [7, 11) is 2.09. The number of amides is 1. The predicted octanol–water partition coefficient (Wildman–Crippen LogP) is 5.73. The van der Waals surface area contributed by atoms with Crippen LogP contribution >= 0.6 is 0 Å². The molecule has 2 aromatic carbocycles. The molecule has 0 spiro atoms. The molecule has 1 N–H and O–H groups in total. The number of carbonyl (C=O) groups is 1. The topological polar surface area (TPSA) is 56.1 Å². The zero-order valence-corrected chi connectivity index (χ0v) is 18.6. The highest BCUT2D eigenvalue weighted by atomic mass is 16.1. The summed E-state index contributed by atoms with van der Waals surface area (Å²) in [5, 5.41) is 12.5. The van der Waals surface area contributed by atoms with Crippen molar-refractivity contribution >= 4 is 28.9 Å². The second-order valence-corrected chi connectivity index (χ2v) is 8.40. The van der Waals surface area contributed by atoms with E-state index >= 15 is 0 Å². The number of nitrogens with one attached hydrogen (secondary N) is 1. The molecule has 0 saturated carbocycles. The fourth-order valence-electron chi connectivity index (χ4n) is 3.92. The Balaban J connectivity index is 1.98. The third-order valence-electron chi connectivity index (χ3n) is 5.92. The smallest absolute Gasteiger partial charge is 0.266 e. The maximum Gasteiger partial charge on any atom is 0.266 e. The molecule has 1 amide bonds. The van der Waals surface area contributed by atoms with Crippen LogP contribution in [0.1, 0.15) is 49.9 Å². The molecule has 2 aromatic rings. The summed E-state index contributed by atoms with van der Waals surface area (Å²) in [6.45, 7) is 10.5. The summed E-state index contributed by atoms with van der Waals surface area (Å²) >= 11 is 0. The minimum Gasteiger partial charge on any atom is -0.365 e. The standard InChI is InChI=1S/C26H29N3O/c1-7-19-10-8-9-11-23(19)28-25(30)21(16-27)13-20-14-22-18(3)15-26(4,5)29(6)24(22)12-17(20)2/h8-15H,7H2,1-6H3,(H,28,30)/b21-13-. The number of fused-ring (bicyclic) bond motifs is 1. The average Bonchev–Trinajstić information content (AvgIpc) is 2.71. The normalized spacial score (nSPS) is 15.2. The second-order valence-electron chi connectivity index (χ2n) is 8.40. The van der Waals surface area contributed by atoms with Crippen LogP contribution in [0.5, 0.6) is 0 Å². The molecule has 4 heteroatoms. The van der Waals surface area contributed by atoms with Crippen molar-refractivity contribution in [2.75, 3.05) is 17.3 Å². The van der Waals surface area contributed by atoms with Gasteiger partial charge in [0.2, 0.25) is 0 Å². The van der Waals surface area contributed by atoms with E-state index in [-0.39, 0.29) is 17.0 Å². The van der Waals surface area contributed by atoms with E-state index in [0.717, 1.165) is 40.0 Å². The van der Waals surface area contributed by atoms with Crippen molar-refractivity contribution < 1.29 is 4.79 Å². The first-order valence-electron chi connectivity index (χ1n) is 10.3. The molecular weight excluding hydrogens is 370 g/mol. The number of rotatable bonds is 4. The zero-order valence-electron chi connectivity index (χ0n) is 18.6. The molecule has 0 fully saturated rings. The lowest BCUT2D eigenvalue weighted by Gasteiger charge is -2.41. The Hall–Kier alpha value is -3.32. The van der Waals surface area contributed by atoms with Gasteiger partial charge in [-0.3, -0.25) is 4.79 Å². The maximum atomic E-state index is 12.8. The van der Waals surface area contributed by atoms with Crippen LogP contribution < -0.4 is 10.2 Å². The average molecular weight is 400 g/mol. The predicted molar refractivity (Wildman–Crippen MR) is 125 cm³/mol. The fourth-order valence-corrected chi connectivity index (χ4v) is 3.92. The lowest BCUT2D eigenvalue weighted by Crippen LogP contribution is -2.42. The van der Waals surface area contributed by atoms with Crippen molar-refractivity contribution in [2.24, 2.45) is 0 Å². The Morgan fingerprint density at radius 2 is 1.93 bits per heavy atom. The van der Waals surface area contributed by atoms with Crippen molar-refractivity contribution in [3.8, 4) is 6.07 Å². The number of carbonyl (C=O) groups excluding carboxylic acids is 1. The Bertz CT molecular complexity index is 1100. The third-order valence-corrected chi connectivity index (χ3v) is 5.92. The van der Waals surface area contributed by atoms with E-state index in [1.165, 1.54) is 5.57 Å². The number of hydrogen-bond acceptors (Lipinski definition) is 3. The van der Waals surface area contributed by atoms with Gasteiger partial charge in [0, 0.05) is 24.0 Å². The number of likely N-dealkylation sites (N-methyl/N-ethyl adjacent to an activating group) is 1. The van der Waals surface area contributed by atoms with Crippen LogP contribution in [-0.4, -0.2) is 18.5 Å². The van der Waals surface area contributed by atoms with E-state index in [0.29, 0.717) is 0 Å². The van der Waals surface area contributed by atoms with Crippen LogP contribution in [0.3, 0.4) is 0 Å². The molecule has 154 valence electrons. The van der Waals surface area contributed by atoms with E-state index in [1.807, 2.05) is 38.1 Å². The van der Waals surface area contributed by atoms with Gasteiger partial charge in [-0.15, -0.1) is 0 Å². The summed E-state index contributed by atoms with van der Waals surface area (Å²) in [5.74, 6) is -0.388. The maximum absolute atomic E-state index is 12.8. The van der Waals surface area contributed by atoms with Gasteiger partial charge in [-0.25, -0.2) is 0 Å². The highest BCUT2D eigenvalue weighted by molar-refractivity contribution is 6.10. The van der Waals surface area contributed by atoms with Gasteiger partial charge in [0.05, 0.1) is 5.54 Å². The SMILES string of the molecule is CCc1ccccc1NC(=O)/C(C#N)=C\c1cc2c(cc1C)N(C)C(C)(C)C=C2C. The van der Waals surface area contributed by atoms with Crippen molar-refractivity contribution in [1.82, 2.24) is 0 Å². The molecule has 0 aliphatic carbocycles. The largest absolute Gasteiger partial charge is 0.365 e. The van der Waals surface area contributed by atoms with Crippen molar-refractivity contribution in [1.29, 1.82) is 5.26 Å². The van der Waals surface area contributed by atoms with Gasteiger partial charge in [0.1, 0.15) is 11.6 Å². The van der Waals surface area contributed by atoms with Crippen LogP contribution in [0.2, 0.25) is 0 Å². The summed E-state index contributed by atoms with van der Waals surface area (Å²) in [6, 6.07) is 14.0. The van der Waals surface area contributed by atoms with Crippen molar-refractivity contribution in [2.45, 2.75) is 46.6 Å². The number of allylic oxidation sites excluding steroid dienone is 1. The van der Waals surface area contributed by atoms with Gasteiger partial charge >= 0.3 is 0 Å². The molecule has 0 bridgehead atoms. The van der Waals surface area contributed by atoms with E-state index in [2.05, 4.69) is 62.3 Å². The van der Waals surface area contributed by atoms with Crippen LogP contribution in [0.15, 0.2) is 48.0 Å². The third kappa shape index (κ3) is 4.02. The Labute approximate surface area is 179 Å². The van der Waals surface area contributed by atoms with Crippen LogP contribution in [0.25, 0.3) is 11.6 Å². The molecule has 3 rings (SSSR count). The van der Waals surface area contributed by atoms with Gasteiger partial charge < -0.3 is 10.2 Å². The molecule has 0 atom stereocenters. The molecular formula is C26H29N3O. The van der Waals surface area contributed by atoms with Gasteiger partial charge in [-0.2, -0.15) is 5.26 Å². The molecule has 0 unspecified atom stereocenters. The van der Waals surface area contributed by atoms with E-state index in [9.17, 15) is 10.1 Å². The number of hydrogen-bond donors (Lipinski definition) is 1. The summed E-state index contributed by atoms with van der Waals surface area (Å²) in [5.41, 5.74) is 7.21.